The van der Waals surface area contributed by atoms with E-state index in [0.29, 0.717) is 36.3 Å². The fraction of sp³-hybridized carbons (Fsp3) is 0.242. The molecule has 5 heterocycles. The number of pyridine rings is 5. The van der Waals surface area contributed by atoms with Crippen LogP contribution in [-0.4, -0.2) is 55.9 Å². The molecule has 10 heteroatoms. The van der Waals surface area contributed by atoms with Crippen molar-refractivity contribution in [2.24, 2.45) is 0 Å². The number of rotatable bonds is 22. The number of anilines is 1. The lowest BCUT2D eigenvalue weighted by Crippen LogP contribution is -1.99. The molecule has 8 aromatic carbocycles. The number of aliphatic hydroxyl groups is 1. The van der Waals surface area contributed by atoms with Crippen LogP contribution in [0.2, 0.25) is 0 Å². The molecule has 3 N–H and O–H groups in total. The van der Waals surface area contributed by atoms with E-state index >= 15 is 0 Å². The van der Waals surface area contributed by atoms with Gasteiger partial charge in [-0.2, -0.15) is 0 Å². The Bertz CT molecular complexity index is 4720. The fourth-order valence-corrected chi connectivity index (χ4v) is 11.9. The molecule has 9 nitrogen and oxygen atoms in total. The van der Waals surface area contributed by atoms with Crippen LogP contribution in [0.15, 0.2) is 255 Å². The lowest BCUT2D eigenvalue weighted by molar-refractivity contribution is 0.305. The molecule has 0 bridgehead atoms. The molecule has 101 heavy (non-hydrogen) atoms. The largest absolute Gasteiger partial charge is 0.508 e. The van der Waals surface area contributed by atoms with E-state index in [1.807, 2.05) is 118 Å². The summed E-state index contributed by atoms with van der Waals surface area (Å²) in [7, 11) is 3.53. The van der Waals surface area contributed by atoms with Crippen molar-refractivity contribution in [3.05, 3.63) is 345 Å². The van der Waals surface area contributed by atoms with Crippen molar-refractivity contribution in [1.82, 2.24) is 24.9 Å². The third-order valence-electron chi connectivity index (χ3n) is 17.6. The van der Waals surface area contributed by atoms with Crippen LogP contribution >= 0.6 is 0 Å². The lowest BCUT2D eigenvalue weighted by atomic mass is 10.00. The van der Waals surface area contributed by atoms with Crippen molar-refractivity contribution in [3.63, 3.8) is 0 Å². The highest BCUT2D eigenvalue weighted by Gasteiger charge is 2.12. The van der Waals surface area contributed by atoms with Crippen molar-refractivity contribution in [3.8, 4) is 23.3 Å². The average Bonchev–Trinajstić information content (AvgIpc) is 0.845. The lowest BCUT2D eigenvalue weighted by Gasteiger charge is -2.09. The molecule has 0 aliphatic heterocycles. The van der Waals surface area contributed by atoms with Crippen LogP contribution in [0.4, 0.5) is 10.1 Å². The van der Waals surface area contributed by atoms with Gasteiger partial charge in [0.05, 0.1) is 47.9 Å². The van der Waals surface area contributed by atoms with Gasteiger partial charge in [0.2, 0.25) is 0 Å². The third kappa shape index (κ3) is 23.1. The van der Waals surface area contributed by atoms with E-state index in [4.69, 9.17) is 9.84 Å². The minimum atomic E-state index is -0.197. The Balaban J connectivity index is 0.000000148. The fourth-order valence-electron chi connectivity index (χ4n) is 11.9. The van der Waals surface area contributed by atoms with Gasteiger partial charge in [0, 0.05) is 98.3 Å². The summed E-state index contributed by atoms with van der Waals surface area (Å²) in [5, 5.41) is 29.5. The van der Waals surface area contributed by atoms with Crippen LogP contribution in [0.5, 0.6) is 11.5 Å². The third-order valence-corrected chi connectivity index (χ3v) is 17.6. The Kier molecular flexibility index (Phi) is 29.6. The number of aliphatic hydroxyl groups excluding tert-OH is 1. The number of phenolic OH excluding ortho intramolecular Hbond substituents is 1. The molecule has 13 aromatic rings. The molecule has 0 saturated carbocycles. The number of fused-ring (bicyclic) bond motifs is 3. The topological polar surface area (TPSA) is 126 Å². The Morgan fingerprint density at radius 1 is 0.426 bits per heavy atom. The van der Waals surface area contributed by atoms with Crippen LogP contribution in [0, 0.1) is 24.6 Å². The quantitative estimate of drug-likeness (QED) is 0.0569. The number of aromatic nitrogens is 5. The first-order valence-electron chi connectivity index (χ1n) is 35.5. The second-order valence-electron chi connectivity index (χ2n) is 25.2. The molecule has 0 aliphatic carbocycles. The van der Waals surface area contributed by atoms with Gasteiger partial charge in [0.1, 0.15) is 17.3 Å². The molecular weight excluding hydrogens is 1240 g/mol. The number of methoxy groups -OCH3 is 1. The molecule has 0 spiro atoms. The molecule has 0 unspecified atom stereocenters. The highest BCUT2D eigenvalue weighted by molar-refractivity contribution is 5.86. The summed E-state index contributed by atoms with van der Waals surface area (Å²) in [6.07, 6.45) is 24.1. The molecule has 0 saturated heterocycles. The number of nitrogens with zero attached hydrogens (tertiary/aromatic N) is 5. The summed E-state index contributed by atoms with van der Waals surface area (Å²) >= 11 is 0. The SMILES string of the molecule is CCCCc1ccc(Cc2nccc3ccccc23)c(O)c1.CCCCc1ccc(Cc2nccc3ccccc23)cc1.CCCCc1ccc(Cc2ncccc2NC)cc1.COc1cccnc1Cc1ccc(C)cc1F.OCCC#Cc1ccc(Cc2nccc3ccccc23)cc1. The number of aryl methyl sites for hydroxylation is 4. The molecule has 0 amide bonds. The Morgan fingerprint density at radius 3 is 1.34 bits per heavy atom. The van der Waals surface area contributed by atoms with Crippen molar-refractivity contribution < 1.29 is 19.3 Å². The molecule has 514 valence electrons. The Hall–Kier alpha value is -10.9. The molecule has 5 aromatic heterocycles. The van der Waals surface area contributed by atoms with E-state index in [0.717, 1.165) is 88.3 Å². The van der Waals surface area contributed by atoms with E-state index in [1.165, 1.54) is 111 Å². The smallest absolute Gasteiger partial charge is 0.140 e. The highest BCUT2D eigenvalue weighted by Crippen LogP contribution is 2.28. The van der Waals surface area contributed by atoms with E-state index < -0.39 is 0 Å². The van der Waals surface area contributed by atoms with Gasteiger partial charge in [-0.05, 0) is 178 Å². The maximum absolute atomic E-state index is 13.7. The zero-order valence-electron chi connectivity index (χ0n) is 59.5. The molecule has 13 rings (SSSR count). The zero-order valence-corrected chi connectivity index (χ0v) is 59.5. The molecule has 0 atom stereocenters. The second kappa shape index (κ2) is 40.3. The second-order valence-corrected chi connectivity index (χ2v) is 25.2. The standard InChI is InChI=1S/C20H17NO.C20H21NO.C20H21N.C17H22N2.C14H14FNO/c22-14-4-3-5-16-8-10-17(11-9-16)15-20-19-7-2-1-6-18(19)12-13-21-20;1-2-3-6-15-9-10-17(20(22)13-15)14-19-18-8-5-4-7-16(18)11-12-21-19;1-2-3-6-16-9-11-17(12-10-16)15-20-19-8-5-4-7-18(19)13-14-21-20;1-3-4-6-14-8-10-15(11-9-14)13-17-16(18-2)7-5-12-19-17;1-10-5-6-11(12(15)8-10)9-13-14(17-2)4-3-7-16-13/h1-2,6-13,22H,4,14-15H2;4-5,7-13,22H,2-3,6,14H2,1H3;4-5,7-14H,2-3,6,15H2,1H3;5,7-12,18H,3-4,6,13H2,1-2H3;3-8H,9H2,1-2H3. The minimum absolute atomic E-state index is 0.109. The monoisotopic (exact) mass is 1340 g/mol. The summed E-state index contributed by atoms with van der Waals surface area (Å²) in [6.45, 7) is 8.63. The van der Waals surface area contributed by atoms with Gasteiger partial charge >= 0.3 is 0 Å². The number of ether oxygens (including phenoxy) is 1. The summed E-state index contributed by atoms with van der Waals surface area (Å²) in [6, 6.07) is 76.3. The number of halogens is 1. The van der Waals surface area contributed by atoms with E-state index in [9.17, 15) is 9.50 Å². The van der Waals surface area contributed by atoms with E-state index in [-0.39, 0.29) is 12.4 Å². The summed E-state index contributed by atoms with van der Waals surface area (Å²) in [5.74, 6) is 6.84. The molecule has 0 fully saturated rings. The highest BCUT2D eigenvalue weighted by atomic mass is 19.1. The minimum Gasteiger partial charge on any atom is -0.508 e. The van der Waals surface area contributed by atoms with Crippen LogP contribution in [0.1, 0.15) is 150 Å². The maximum atomic E-state index is 13.7. The zero-order chi connectivity index (χ0) is 70.8. The number of unbranched alkanes of at least 4 members (excludes halogenated alkanes) is 3. The average molecular weight is 1340 g/mol. The number of aromatic hydroxyl groups is 1. The first-order chi connectivity index (χ1) is 49.5. The molecular formula is C91H95FN6O3. The van der Waals surface area contributed by atoms with Gasteiger partial charge < -0.3 is 20.3 Å². The first kappa shape index (κ1) is 74.4. The van der Waals surface area contributed by atoms with Crippen molar-refractivity contribution in [2.75, 3.05) is 26.1 Å². The van der Waals surface area contributed by atoms with Gasteiger partial charge in [0.25, 0.3) is 0 Å². The maximum Gasteiger partial charge on any atom is 0.140 e. The molecule has 0 radical (unpaired) electrons. The predicted octanol–water partition coefficient (Wildman–Crippen LogP) is 20.8. The van der Waals surface area contributed by atoms with Gasteiger partial charge in [-0.25, -0.2) is 4.39 Å². The van der Waals surface area contributed by atoms with Crippen LogP contribution in [-0.2, 0) is 51.4 Å². The number of nitrogens with one attached hydrogen (secondary N) is 1. The van der Waals surface area contributed by atoms with Crippen LogP contribution in [0.25, 0.3) is 32.3 Å². The van der Waals surface area contributed by atoms with Crippen molar-refractivity contribution >= 4 is 38.0 Å². The van der Waals surface area contributed by atoms with E-state index in [2.05, 4.69) is 190 Å². The Morgan fingerprint density at radius 2 is 0.851 bits per heavy atom. The summed E-state index contributed by atoms with van der Waals surface area (Å²) in [4.78, 5) is 22.3. The number of hydrogen-bond acceptors (Lipinski definition) is 9. The van der Waals surface area contributed by atoms with E-state index in [1.54, 1.807) is 25.4 Å². The van der Waals surface area contributed by atoms with Gasteiger partial charge in [0.15, 0.2) is 0 Å². The Labute approximate surface area is 597 Å². The van der Waals surface area contributed by atoms with Crippen molar-refractivity contribution in [2.45, 2.75) is 124 Å². The van der Waals surface area contributed by atoms with Crippen LogP contribution in [0.3, 0.4) is 0 Å². The van der Waals surface area contributed by atoms with Crippen LogP contribution < -0.4 is 10.1 Å². The predicted molar refractivity (Wildman–Crippen MR) is 417 cm³/mol. The van der Waals surface area contributed by atoms with Crippen molar-refractivity contribution in [1.29, 1.82) is 0 Å². The van der Waals surface area contributed by atoms with Gasteiger partial charge in [-0.1, -0.05) is 210 Å². The first-order valence-corrected chi connectivity index (χ1v) is 35.5. The van der Waals surface area contributed by atoms with Gasteiger partial charge in [-0.3, -0.25) is 24.9 Å². The summed E-state index contributed by atoms with van der Waals surface area (Å²) < 4.78 is 18.9. The van der Waals surface area contributed by atoms with Gasteiger partial charge in [-0.15, -0.1) is 0 Å². The number of benzene rings is 8. The molecule has 0 aliphatic rings. The number of phenols is 1. The summed E-state index contributed by atoms with van der Waals surface area (Å²) in [5.41, 5.74) is 17.6. The normalized spacial score (nSPS) is 10.6. The number of hydrogen-bond donors (Lipinski definition) is 3.